The molecular formula is C13H14FNS. The summed E-state index contributed by atoms with van der Waals surface area (Å²) in [6.45, 7) is 1.86. The van der Waals surface area contributed by atoms with Gasteiger partial charge < -0.3 is 5.73 Å². The Morgan fingerprint density at radius 2 is 2.06 bits per heavy atom. The molecule has 2 rings (SSSR count). The first kappa shape index (κ1) is 11.3. The van der Waals surface area contributed by atoms with Crippen LogP contribution in [0.15, 0.2) is 41.1 Å². The van der Waals surface area contributed by atoms with Crippen molar-refractivity contribution in [2.45, 2.75) is 18.9 Å². The van der Waals surface area contributed by atoms with Crippen molar-refractivity contribution in [3.63, 3.8) is 0 Å². The van der Waals surface area contributed by atoms with Crippen LogP contribution in [-0.4, -0.2) is 0 Å². The molecule has 16 heavy (non-hydrogen) atoms. The molecule has 0 saturated carbocycles. The first-order chi connectivity index (χ1) is 7.59. The third kappa shape index (κ3) is 2.31. The van der Waals surface area contributed by atoms with E-state index in [1.54, 1.807) is 23.5 Å². The molecule has 2 N–H and O–H groups in total. The van der Waals surface area contributed by atoms with Crippen molar-refractivity contribution in [1.29, 1.82) is 0 Å². The van der Waals surface area contributed by atoms with Gasteiger partial charge >= 0.3 is 0 Å². The maximum atomic E-state index is 13.6. The fourth-order valence-corrected chi connectivity index (χ4v) is 2.51. The molecule has 1 aromatic heterocycles. The van der Waals surface area contributed by atoms with Crippen LogP contribution in [0.1, 0.15) is 18.1 Å². The van der Waals surface area contributed by atoms with Gasteiger partial charge in [-0.1, -0.05) is 18.2 Å². The van der Waals surface area contributed by atoms with E-state index in [1.165, 1.54) is 6.07 Å². The van der Waals surface area contributed by atoms with E-state index in [0.717, 1.165) is 5.56 Å². The minimum atomic E-state index is -0.660. The molecular weight excluding hydrogens is 221 g/mol. The number of halogens is 1. The largest absolute Gasteiger partial charge is 0.321 e. The Balaban J connectivity index is 2.28. The number of thiophene rings is 1. The van der Waals surface area contributed by atoms with Crippen molar-refractivity contribution in [3.8, 4) is 0 Å². The summed E-state index contributed by atoms with van der Waals surface area (Å²) < 4.78 is 13.6. The molecule has 1 aromatic carbocycles. The van der Waals surface area contributed by atoms with Gasteiger partial charge in [0.15, 0.2) is 0 Å². The Morgan fingerprint density at radius 3 is 2.69 bits per heavy atom. The van der Waals surface area contributed by atoms with Gasteiger partial charge in [-0.3, -0.25) is 0 Å². The molecule has 0 fully saturated rings. The van der Waals surface area contributed by atoms with Crippen LogP contribution in [0.5, 0.6) is 0 Å². The Morgan fingerprint density at radius 1 is 1.31 bits per heavy atom. The van der Waals surface area contributed by atoms with Crippen molar-refractivity contribution in [2.75, 3.05) is 0 Å². The third-order valence-electron chi connectivity index (χ3n) is 2.64. The van der Waals surface area contributed by atoms with Crippen LogP contribution in [0.4, 0.5) is 4.39 Å². The van der Waals surface area contributed by atoms with Crippen LogP contribution < -0.4 is 5.73 Å². The van der Waals surface area contributed by atoms with E-state index in [1.807, 2.05) is 29.8 Å². The summed E-state index contributed by atoms with van der Waals surface area (Å²) in [7, 11) is 0. The number of benzene rings is 1. The maximum Gasteiger partial charge on any atom is 0.128 e. The van der Waals surface area contributed by atoms with E-state index in [9.17, 15) is 4.39 Å². The first-order valence-corrected chi connectivity index (χ1v) is 6.09. The van der Waals surface area contributed by atoms with Crippen LogP contribution in [-0.2, 0) is 12.0 Å². The Bertz CT molecular complexity index is 463. The summed E-state index contributed by atoms with van der Waals surface area (Å²) in [5.41, 5.74) is 7.26. The van der Waals surface area contributed by atoms with Crippen molar-refractivity contribution in [3.05, 3.63) is 58.0 Å². The van der Waals surface area contributed by atoms with E-state index in [0.29, 0.717) is 12.0 Å². The first-order valence-electron chi connectivity index (χ1n) is 5.14. The standard InChI is InChI=1S/C13H14FNS/c1-13(15,8-10-6-7-16-9-10)11-4-2-3-5-12(11)14/h2-7,9H,8,15H2,1H3. The highest BCUT2D eigenvalue weighted by molar-refractivity contribution is 7.07. The van der Waals surface area contributed by atoms with E-state index in [4.69, 9.17) is 5.73 Å². The predicted molar refractivity (Wildman–Crippen MR) is 66.0 cm³/mol. The fourth-order valence-electron chi connectivity index (χ4n) is 1.84. The summed E-state index contributed by atoms with van der Waals surface area (Å²) in [5, 5.41) is 4.05. The van der Waals surface area contributed by atoms with Crippen molar-refractivity contribution < 1.29 is 4.39 Å². The van der Waals surface area contributed by atoms with Gasteiger partial charge in [-0.15, -0.1) is 0 Å². The predicted octanol–water partition coefficient (Wildman–Crippen LogP) is 3.30. The molecule has 0 aliphatic rings. The molecule has 0 aliphatic carbocycles. The van der Waals surface area contributed by atoms with Crippen LogP contribution in [0.2, 0.25) is 0 Å². The molecule has 2 aromatic rings. The molecule has 84 valence electrons. The fraction of sp³-hybridized carbons (Fsp3) is 0.231. The molecule has 1 heterocycles. The summed E-state index contributed by atoms with van der Waals surface area (Å²) in [6, 6.07) is 8.73. The van der Waals surface area contributed by atoms with Gasteiger partial charge in [0.05, 0.1) is 0 Å². The topological polar surface area (TPSA) is 26.0 Å². The second-order valence-electron chi connectivity index (χ2n) is 4.21. The highest BCUT2D eigenvalue weighted by Gasteiger charge is 2.24. The highest BCUT2D eigenvalue weighted by atomic mass is 32.1. The quantitative estimate of drug-likeness (QED) is 0.868. The minimum absolute atomic E-state index is 0.234. The van der Waals surface area contributed by atoms with E-state index in [-0.39, 0.29) is 5.82 Å². The molecule has 0 amide bonds. The lowest BCUT2D eigenvalue weighted by molar-refractivity contribution is 0.458. The number of rotatable bonds is 3. The molecule has 1 atom stereocenters. The molecule has 0 aliphatic heterocycles. The summed E-state index contributed by atoms with van der Waals surface area (Å²) in [5.74, 6) is -0.234. The number of hydrogen-bond acceptors (Lipinski definition) is 2. The number of hydrogen-bond donors (Lipinski definition) is 1. The van der Waals surface area contributed by atoms with Crippen molar-refractivity contribution in [2.24, 2.45) is 5.73 Å². The molecule has 1 nitrogen and oxygen atoms in total. The Labute approximate surface area is 98.7 Å². The van der Waals surface area contributed by atoms with Gasteiger partial charge in [-0.25, -0.2) is 4.39 Å². The zero-order valence-corrected chi connectivity index (χ0v) is 9.93. The Kier molecular flexibility index (Phi) is 3.08. The average molecular weight is 235 g/mol. The summed E-state index contributed by atoms with van der Waals surface area (Å²) >= 11 is 1.63. The van der Waals surface area contributed by atoms with Gasteiger partial charge in [-0.05, 0) is 41.8 Å². The van der Waals surface area contributed by atoms with Gasteiger partial charge in [0, 0.05) is 11.1 Å². The minimum Gasteiger partial charge on any atom is -0.321 e. The van der Waals surface area contributed by atoms with E-state index >= 15 is 0 Å². The van der Waals surface area contributed by atoms with Crippen LogP contribution in [0.3, 0.4) is 0 Å². The van der Waals surface area contributed by atoms with Gasteiger partial charge in [0.25, 0.3) is 0 Å². The second-order valence-corrected chi connectivity index (χ2v) is 4.99. The molecule has 0 saturated heterocycles. The Hall–Kier alpha value is -1.19. The summed E-state index contributed by atoms with van der Waals surface area (Å²) in [4.78, 5) is 0. The lowest BCUT2D eigenvalue weighted by Crippen LogP contribution is -2.36. The SMILES string of the molecule is CC(N)(Cc1ccsc1)c1ccccc1F. The zero-order chi connectivity index (χ0) is 11.6. The van der Waals surface area contributed by atoms with Gasteiger partial charge in [0.1, 0.15) is 5.82 Å². The van der Waals surface area contributed by atoms with Crippen molar-refractivity contribution in [1.82, 2.24) is 0 Å². The van der Waals surface area contributed by atoms with Crippen LogP contribution >= 0.6 is 11.3 Å². The normalized spacial score (nSPS) is 14.7. The van der Waals surface area contributed by atoms with Crippen LogP contribution in [0, 0.1) is 5.82 Å². The molecule has 0 spiro atoms. The summed E-state index contributed by atoms with van der Waals surface area (Å²) in [6.07, 6.45) is 0.650. The third-order valence-corrected chi connectivity index (χ3v) is 3.37. The smallest absolute Gasteiger partial charge is 0.128 e. The molecule has 1 unspecified atom stereocenters. The van der Waals surface area contributed by atoms with Gasteiger partial charge in [-0.2, -0.15) is 11.3 Å². The highest BCUT2D eigenvalue weighted by Crippen LogP contribution is 2.25. The van der Waals surface area contributed by atoms with Crippen molar-refractivity contribution >= 4 is 11.3 Å². The zero-order valence-electron chi connectivity index (χ0n) is 9.11. The van der Waals surface area contributed by atoms with E-state index < -0.39 is 5.54 Å². The average Bonchev–Trinajstić information content (AvgIpc) is 2.70. The van der Waals surface area contributed by atoms with Gasteiger partial charge in [0.2, 0.25) is 0 Å². The van der Waals surface area contributed by atoms with Crippen LogP contribution in [0.25, 0.3) is 0 Å². The number of nitrogens with two attached hydrogens (primary N) is 1. The maximum absolute atomic E-state index is 13.6. The van der Waals surface area contributed by atoms with E-state index in [2.05, 4.69) is 0 Å². The lowest BCUT2D eigenvalue weighted by atomic mass is 9.87. The monoisotopic (exact) mass is 235 g/mol. The second kappa shape index (κ2) is 4.36. The molecule has 0 radical (unpaired) electrons. The molecule has 3 heteroatoms. The lowest BCUT2D eigenvalue weighted by Gasteiger charge is -2.25. The molecule has 0 bridgehead atoms.